The predicted molar refractivity (Wildman–Crippen MR) is 88.0 cm³/mol. The largest absolute Gasteiger partial charge is 0.375 e. The smallest absolute Gasteiger partial charge is 0.124 e. The molecule has 0 saturated carbocycles. The van der Waals surface area contributed by atoms with Gasteiger partial charge in [-0.1, -0.05) is 30.3 Å². The van der Waals surface area contributed by atoms with Gasteiger partial charge in [0.15, 0.2) is 0 Å². The van der Waals surface area contributed by atoms with Crippen molar-refractivity contribution in [2.75, 3.05) is 32.1 Å². The minimum absolute atomic E-state index is 0.0975. The molecule has 22 heavy (non-hydrogen) atoms. The van der Waals surface area contributed by atoms with E-state index in [4.69, 9.17) is 4.74 Å². The molecule has 0 radical (unpaired) electrons. The molecule has 2 heterocycles. The maximum atomic E-state index is 5.59. The zero-order valence-electron chi connectivity index (χ0n) is 13.2. The lowest BCUT2D eigenvalue weighted by atomic mass is 10.1. The highest BCUT2D eigenvalue weighted by molar-refractivity contribution is 5.38. The van der Waals surface area contributed by atoms with Crippen LogP contribution in [0.3, 0.4) is 0 Å². The Labute approximate surface area is 131 Å². The van der Waals surface area contributed by atoms with Crippen LogP contribution in [0.4, 0.5) is 5.82 Å². The van der Waals surface area contributed by atoms with Gasteiger partial charge in [0.1, 0.15) is 5.82 Å². The summed E-state index contributed by atoms with van der Waals surface area (Å²) >= 11 is 0. The number of rotatable bonds is 6. The number of fused-ring (bicyclic) bond motifs is 1. The highest BCUT2D eigenvalue weighted by Gasteiger charge is 2.19. The first-order valence-electron chi connectivity index (χ1n) is 7.83. The molecule has 3 rings (SSSR count). The Kier molecular flexibility index (Phi) is 4.75. The average Bonchev–Trinajstić information content (AvgIpc) is 2.92. The van der Waals surface area contributed by atoms with E-state index in [1.807, 2.05) is 25.1 Å². The van der Waals surface area contributed by atoms with Crippen molar-refractivity contribution < 1.29 is 4.74 Å². The van der Waals surface area contributed by atoms with Crippen LogP contribution in [-0.2, 0) is 11.3 Å². The second-order valence-electron chi connectivity index (χ2n) is 5.89. The van der Waals surface area contributed by atoms with E-state index in [0.717, 1.165) is 37.7 Å². The van der Waals surface area contributed by atoms with Crippen LogP contribution in [0.25, 0.3) is 0 Å². The molecule has 5 nitrogen and oxygen atoms in total. The molecule has 2 aromatic rings. The van der Waals surface area contributed by atoms with Crippen molar-refractivity contribution >= 4 is 5.82 Å². The molecule has 1 aromatic heterocycles. The van der Waals surface area contributed by atoms with Crippen molar-refractivity contribution in [3.8, 4) is 0 Å². The van der Waals surface area contributed by atoms with Crippen molar-refractivity contribution in [1.29, 1.82) is 0 Å². The highest BCUT2D eigenvalue weighted by Crippen LogP contribution is 2.19. The van der Waals surface area contributed by atoms with E-state index in [0.29, 0.717) is 5.92 Å². The number of hydrogen-bond acceptors (Lipinski definition) is 4. The lowest BCUT2D eigenvalue weighted by molar-refractivity contribution is 0.101. The number of nitrogens with zero attached hydrogens (tertiary/aromatic N) is 2. The number of nitrogens with one attached hydrogen (secondary N) is 2. The number of hydrogen-bond donors (Lipinski definition) is 2. The fraction of sp³-hybridized carbons (Fsp3) is 0.471. The fourth-order valence-electron chi connectivity index (χ4n) is 2.95. The van der Waals surface area contributed by atoms with Gasteiger partial charge in [-0.2, -0.15) is 5.10 Å². The molecule has 0 amide bonds. The summed E-state index contributed by atoms with van der Waals surface area (Å²) in [6.07, 6.45) is 0.0975. The van der Waals surface area contributed by atoms with Gasteiger partial charge < -0.3 is 15.4 Å². The first-order chi connectivity index (χ1) is 10.8. The Bertz CT molecular complexity index is 596. The molecule has 0 unspecified atom stereocenters. The molecule has 0 aliphatic carbocycles. The van der Waals surface area contributed by atoms with Gasteiger partial charge in [-0.25, -0.2) is 4.68 Å². The van der Waals surface area contributed by atoms with Crippen LogP contribution in [0.2, 0.25) is 0 Å². The van der Waals surface area contributed by atoms with Gasteiger partial charge in [0.05, 0.1) is 11.8 Å². The molecule has 1 aliphatic rings. The van der Waals surface area contributed by atoms with Crippen LogP contribution in [0.15, 0.2) is 36.4 Å². The van der Waals surface area contributed by atoms with Crippen molar-refractivity contribution in [3.63, 3.8) is 0 Å². The SMILES string of the molecule is CO[C@H](CNC[C@@H]1CNc2cc(C)nn2C1)c1ccccc1. The van der Waals surface area contributed by atoms with Gasteiger partial charge in [-0.05, 0) is 12.5 Å². The quantitative estimate of drug-likeness (QED) is 0.859. The third-order valence-electron chi connectivity index (χ3n) is 4.12. The zero-order chi connectivity index (χ0) is 15.4. The predicted octanol–water partition coefficient (Wildman–Crippen LogP) is 2.21. The Morgan fingerprint density at radius 1 is 1.41 bits per heavy atom. The molecular formula is C17H24N4O. The van der Waals surface area contributed by atoms with Gasteiger partial charge in [0.2, 0.25) is 0 Å². The van der Waals surface area contributed by atoms with Crippen molar-refractivity contribution in [3.05, 3.63) is 47.7 Å². The van der Waals surface area contributed by atoms with Gasteiger partial charge in [0, 0.05) is 45.3 Å². The summed E-state index contributed by atoms with van der Waals surface area (Å²) in [5.74, 6) is 1.67. The standard InChI is InChI=1S/C17H24N4O/c1-13-8-17-19-10-14(12-21(17)20-13)9-18-11-16(22-2)15-6-4-3-5-7-15/h3-8,14,16,18-19H,9-12H2,1-2H3/t14-,16-/m1/s1. The van der Waals surface area contributed by atoms with Gasteiger partial charge in [-0.3, -0.25) is 0 Å². The van der Waals surface area contributed by atoms with Crippen LogP contribution in [0, 0.1) is 12.8 Å². The number of aryl methyl sites for hydroxylation is 1. The zero-order valence-corrected chi connectivity index (χ0v) is 13.2. The van der Waals surface area contributed by atoms with Crippen LogP contribution in [0.1, 0.15) is 17.4 Å². The summed E-state index contributed by atoms with van der Waals surface area (Å²) in [5.41, 5.74) is 2.28. The Morgan fingerprint density at radius 3 is 3.00 bits per heavy atom. The minimum atomic E-state index is 0.0975. The Balaban J connectivity index is 1.49. The summed E-state index contributed by atoms with van der Waals surface area (Å²) in [6, 6.07) is 12.4. The van der Waals surface area contributed by atoms with Gasteiger partial charge in [0.25, 0.3) is 0 Å². The van der Waals surface area contributed by atoms with E-state index in [1.54, 1.807) is 7.11 Å². The summed E-state index contributed by atoms with van der Waals surface area (Å²) in [4.78, 5) is 0. The van der Waals surface area contributed by atoms with Crippen molar-refractivity contribution in [2.45, 2.75) is 19.6 Å². The molecule has 2 N–H and O–H groups in total. The van der Waals surface area contributed by atoms with Crippen molar-refractivity contribution in [1.82, 2.24) is 15.1 Å². The first kappa shape index (κ1) is 15.1. The minimum Gasteiger partial charge on any atom is -0.375 e. The van der Waals surface area contributed by atoms with E-state index in [-0.39, 0.29) is 6.10 Å². The average molecular weight is 300 g/mol. The Morgan fingerprint density at radius 2 is 2.23 bits per heavy atom. The monoisotopic (exact) mass is 300 g/mol. The van der Waals surface area contributed by atoms with Crippen LogP contribution in [-0.4, -0.2) is 36.5 Å². The van der Waals surface area contributed by atoms with E-state index in [9.17, 15) is 0 Å². The summed E-state index contributed by atoms with van der Waals surface area (Å²) in [5, 5.41) is 11.5. The van der Waals surface area contributed by atoms with Crippen LogP contribution in [0.5, 0.6) is 0 Å². The molecule has 2 atom stereocenters. The Hall–Kier alpha value is -1.85. The fourth-order valence-corrected chi connectivity index (χ4v) is 2.95. The highest BCUT2D eigenvalue weighted by atomic mass is 16.5. The molecule has 1 aliphatic heterocycles. The molecule has 5 heteroatoms. The van der Waals surface area contributed by atoms with Gasteiger partial charge >= 0.3 is 0 Å². The number of ether oxygens (including phenoxy) is 1. The second kappa shape index (κ2) is 6.94. The van der Waals surface area contributed by atoms with E-state index in [1.165, 1.54) is 5.56 Å². The first-order valence-corrected chi connectivity index (χ1v) is 7.83. The molecule has 0 saturated heterocycles. The second-order valence-corrected chi connectivity index (χ2v) is 5.89. The molecule has 0 spiro atoms. The normalized spacial score (nSPS) is 18.5. The number of anilines is 1. The van der Waals surface area contributed by atoms with E-state index < -0.39 is 0 Å². The van der Waals surface area contributed by atoms with E-state index in [2.05, 4.69) is 38.6 Å². The van der Waals surface area contributed by atoms with Crippen LogP contribution < -0.4 is 10.6 Å². The van der Waals surface area contributed by atoms with E-state index >= 15 is 0 Å². The molecule has 0 fully saturated rings. The molecule has 0 bridgehead atoms. The molecular weight excluding hydrogens is 276 g/mol. The molecule has 1 aromatic carbocycles. The summed E-state index contributed by atoms with van der Waals surface area (Å²) in [6.45, 7) is 5.76. The van der Waals surface area contributed by atoms with Crippen LogP contribution >= 0.6 is 0 Å². The summed E-state index contributed by atoms with van der Waals surface area (Å²) in [7, 11) is 1.76. The number of benzene rings is 1. The topological polar surface area (TPSA) is 51.1 Å². The molecule has 118 valence electrons. The lowest BCUT2D eigenvalue weighted by Crippen LogP contribution is -2.36. The van der Waals surface area contributed by atoms with Gasteiger partial charge in [-0.15, -0.1) is 0 Å². The maximum absolute atomic E-state index is 5.59. The maximum Gasteiger partial charge on any atom is 0.124 e. The summed E-state index contributed by atoms with van der Waals surface area (Å²) < 4.78 is 7.66. The van der Waals surface area contributed by atoms with Crippen molar-refractivity contribution in [2.24, 2.45) is 5.92 Å². The number of methoxy groups -OCH3 is 1. The third kappa shape index (κ3) is 3.48. The number of aromatic nitrogens is 2. The third-order valence-corrected chi connectivity index (χ3v) is 4.12. The lowest BCUT2D eigenvalue weighted by Gasteiger charge is -2.26.